The van der Waals surface area contributed by atoms with Crippen LogP contribution in [0.4, 0.5) is 17.1 Å². The minimum absolute atomic E-state index is 0.447. The number of rotatable bonds is 6. The number of nitrogens with zero attached hydrogens (tertiary/aromatic N) is 3. The van der Waals surface area contributed by atoms with Gasteiger partial charge in [-0.1, -0.05) is 23.2 Å². The van der Waals surface area contributed by atoms with Gasteiger partial charge in [-0.15, -0.1) is 14.4 Å². The van der Waals surface area contributed by atoms with Gasteiger partial charge in [0.15, 0.2) is 0 Å². The summed E-state index contributed by atoms with van der Waals surface area (Å²) in [5.74, 6) is 4.74. The topological polar surface area (TPSA) is 72.4 Å². The van der Waals surface area contributed by atoms with Crippen molar-refractivity contribution in [3.8, 4) is 11.3 Å². The first-order valence-corrected chi connectivity index (χ1v) is 8.99. The molecule has 0 bridgehead atoms. The molecule has 26 heavy (non-hydrogen) atoms. The Hall–Kier alpha value is -1.79. The maximum Gasteiger partial charge on any atom is 0.125 e. The predicted octanol–water partition coefficient (Wildman–Crippen LogP) is 5.93. The van der Waals surface area contributed by atoms with Gasteiger partial charge in [-0.25, -0.2) is 0 Å². The second kappa shape index (κ2) is 10.4. The monoisotopic (exact) mass is 410 g/mol. The third-order valence-electron chi connectivity index (χ3n) is 3.20. The number of benzene rings is 2. The lowest BCUT2D eigenvalue weighted by Crippen LogP contribution is -2.15. The van der Waals surface area contributed by atoms with Gasteiger partial charge in [-0.2, -0.15) is 11.0 Å². The summed E-state index contributed by atoms with van der Waals surface area (Å²) >= 11 is 13.1. The van der Waals surface area contributed by atoms with Crippen LogP contribution in [0.3, 0.4) is 0 Å². The quantitative estimate of drug-likeness (QED) is 0.121. The summed E-state index contributed by atoms with van der Waals surface area (Å²) in [6.45, 7) is 4.58. The van der Waals surface area contributed by atoms with E-state index in [2.05, 4.69) is 30.8 Å². The maximum atomic E-state index is 6.17. The van der Waals surface area contributed by atoms with Crippen LogP contribution < -0.4 is 10.8 Å². The van der Waals surface area contributed by atoms with Crippen molar-refractivity contribution >= 4 is 52.3 Å². The van der Waals surface area contributed by atoms with Crippen molar-refractivity contribution in [3.63, 3.8) is 0 Å². The zero-order valence-electron chi connectivity index (χ0n) is 14.1. The molecule has 2 N–H and O–H groups in total. The Balaban J connectivity index is 2.12. The molecule has 0 aliphatic rings. The van der Waals surface area contributed by atoms with Gasteiger partial charge in [-0.05, 0) is 55.8 Å². The van der Waals surface area contributed by atoms with Gasteiger partial charge in [0.05, 0.1) is 15.7 Å². The lowest BCUT2D eigenvalue weighted by Gasteiger charge is -2.14. The molecular weight excluding hydrogens is 395 g/mol. The molecule has 2 rings (SSSR count). The molecule has 2 aromatic rings. The largest absolute Gasteiger partial charge is 0.301 e. The summed E-state index contributed by atoms with van der Waals surface area (Å²) in [4.78, 5) is 5.80. The van der Waals surface area contributed by atoms with Gasteiger partial charge in [0.25, 0.3) is 0 Å². The van der Waals surface area contributed by atoms with Crippen molar-refractivity contribution in [1.82, 2.24) is 0 Å². The molecule has 2 aromatic carbocycles. The summed E-state index contributed by atoms with van der Waals surface area (Å²) in [7, 11) is 0. The molecule has 0 heterocycles. The average Bonchev–Trinajstić information content (AvgIpc) is 2.62. The predicted molar refractivity (Wildman–Crippen MR) is 107 cm³/mol. The Kier molecular flexibility index (Phi) is 8.19. The fraction of sp³-hybridized carbons (Fsp3) is 0.176. The number of halogens is 2. The minimum atomic E-state index is 0.447. The summed E-state index contributed by atoms with van der Waals surface area (Å²) in [6, 6.07) is 13.9. The smallest absolute Gasteiger partial charge is 0.125 e. The van der Waals surface area contributed by atoms with Crippen LogP contribution in [0, 0.1) is 18.2 Å². The molecule has 0 aliphatic heterocycles. The molecule has 0 amide bonds. The number of hydrogen-bond acceptors (Lipinski definition) is 7. The number of nitrogens with two attached hydrogens (primary N) is 1. The van der Waals surface area contributed by atoms with E-state index in [0.717, 1.165) is 23.3 Å². The number of hydrogen-bond donors (Lipinski definition) is 1. The summed E-state index contributed by atoms with van der Waals surface area (Å²) in [5, 5.41) is 12.0. The molecule has 0 atom stereocenters. The Bertz CT molecular complexity index is 812. The number of anilines is 1. The minimum Gasteiger partial charge on any atom is -0.301 e. The number of azo groups is 1. The molecule has 0 saturated carbocycles. The van der Waals surface area contributed by atoms with E-state index < -0.39 is 0 Å². The SMILES string of the molecule is CCN(C#CSOON)c1ccc(N=Nc2c(Cl)cc(C)cc2Cl)cc1. The molecule has 0 radical (unpaired) electrons. The molecule has 0 fully saturated rings. The average molecular weight is 411 g/mol. The van der Waals surface area contributed by atoms with E-state index in [9.17, 15) is 0 Å². The highest BCUT2D eigenvalue weighted by atomic mass is 35.5. The van der Waals surface area contributed by atoms with Crippen molar-refractivity contribution in [2.45, 2.75) is 13.8 Å². The van der Waals surface area contributed by atoms with Crippen LogP contribution in [-0.4, -0.2) is 6.54 Å². The maximum absolute atomic E-state index is 6.17. The van der Waals surface area contributed by atoms with Crippen molar-refractivity contribution < 1.29 is 9.32 Å². The van der Waals surface area contributed by atoms with Crippen LogP contribution >= 0.6 is 35.2 Å². The van der Waals surface area contributed by atoms with Crippen LogP contribution in [-0.2, 0) is 9.32 Å². The standard InChI is InChI=1S/C17H16Cl2N4O2S/c1-3-23(8-9-26-25-24-20)14-6-4-13(5-7-14)21-22-17-15(18)10-12(2)11-16(17)19/h4-7,10-11H,3,20H2,1-2H3. The molecule has 6 nitrogen and oxygen atoms in total. The van der Waals surface area contributed by atoms with E-state index in [0.29, 0.717) is 28.0 Å². The highest BCUT2D eigenvalue weighted by molar-refractivity contribution is 7.99. The Labute approximate surface area is 166 Å². The van der Waals surface area contributed by atoms with Gasteiger partial charge in [-0.3, -0.25) is 0 Å². The molecule has 9 heteroatoms. The second-order valence-electron chi connectivity index (χ2n) is 5.00. The highest BCUT2D eigenvalue weighted by Crippen LogP contribution is 2.35. The van der Waals surface area contributed by atoms with Crippen LogP contribution in [0.15, 0.2) is 46.6 Å². The van der Waals surface area contributed by atoms with Crippen molar-refractivity contribution in [3.05, 3.63) is 52.0 Å². The van der Waals surface area contributed by atoms with E-state index in [4.69, 9.17) is 29.1 Å². The number of aryl methyl sites for hydroxylation is 1. The van der Waals surface area contributed by atoms with E-state index in [1.165, 1.54) is 0 Å². The first-order valence-electron chi connectivity index (χ1n) is 7.49. The van der Waals surface area contributed by atoms with Crippen molar-refractivity contribution in [2.75, 3.05) is 11.4 Å². The fourth-order valence-electron chi connectivity index (χ4n) is 2.03. The van der Waals surface area contributed by atoms with E-state index in [-0.39, 0.29) is 0 Å². The van der Waals surface area contributed by atoms with E-state index in [1.54, 1.807) is 12.1 Å². The first-order chi connectivity index (χ1) is 12.5. The van der Waals surface area contributed by atoms with Crippen molar-refractivity contribution in [2.24, 2.45) is 16.1 Å². The summed E-state index contributed by atoms with van der Waals surface area (Å²) < 4.78 is 4.43. The Morgan fingerprint density at radius 2 is 1.81 bits per heavy atom. The Morgan fingerprint density at radius 1 is 1.15 bits per heavy atom. The molecule has 0 aromatic heterocycles. The highest BCUT2D eigenvalue weighted by Gasteiger charge is 2.06. The molecule has 136 valence electrons. The zero-order valence-corrected chi connectivity index (χ0v) is 16.4. The third-order valence-corrected chi connectivity index (χ3v) is 4.10. The molecule has 0 unspecified atom stereocenters. The second-order valence-corrected chi connectivity index (χ2v) is 6.32. The normalized spacial score (nSPS) is 10.7. The summed E-state index contributed by atoms with van der Waals surface area (Å²) in [6.07, 6.45) is 0. The van der Waals surface area contributed by atoms with Crippen LogP contribution in [0.5, 0.6) is 0 Å². The third kappa shape index (κ3) is 5.88. The fourth-order valence-corrected chi connectivity index (χ4v) is 2.92. The lowest BCUT2D eigenvalue weighted by atomic mass is 10.2. The van der Waals surface area contributed by atoms with Crippen molar-refractivity contribution in [1.29, 1.82) is 0 Å². The zero-order chi connectivity index (χ0) is 18.9. The van der Waals surface area contributed by atoms with Gasteiger partial charge in [0, 0.05) is 23.5 Å². The van der Waals surface area contributed by atoms with E-state index in [1.807, 2.05) is 43.0 Å². The van der Waals surface area contributed by atoms with Gasteiger partial charge < -0.3 is 4.90 Å². The van der Waals surface area contributed by atoms with Gasteiger partial charge in [0.2, 0.25) is 0 Å². The molecule has 0 aliphatic carbocycles. The molecular formula is C17H16Cl2N4O2S. The Morgan fingerprint density at radius 3 is 2.38 bits per heavy atom. The first kappa shape index (κ1) is 20.5. The van der Waals surface area contributed by atoms with Gasteiger partial charge >= 0.3 is 0 Å². The van der Waals surface area contributed by atoms with Gasteiger partial charge in [0.1, 0.15) is 17.7 Å². The van der Waals surface area contributed by atoms with Crippen LogP contribution in [0.2, 0.25) is 10.0 Å². The molecule has 0 saturated heterocycles. The van der Waals surface area contributed by atoms with Crippen LogP contribution in [0.25, 0.3) is 0 Å². The summed E-state index contributed by atoms with van der Waals surface area (Å²) in [5.41, 5.74) is 2.98. The van der Waals surface area contributed by atoms with Crippen LogP contribution in [0.1, 0.15) is 12.5 Å². The lowest BCUT2D eigenvalue weighted by molar-refractivity contribution is -0.194. The molecule has 0 spiro atoms. The van der Waals surface area contributed by atoms with E-state index >= 15 is 0 Å².